The Morgan fingerprint density at radius 1 is 1.39 bits per heavy atom. The average Bonchev–Trinajstić information content (AvgIpc) is 3.12. The summed E-state index contributed by atoms with van der Waals surface area (Å²) in [4.78, 5) is 30.3. The Bertz CT molecular complexity index is 859. The molecule has 1 aromatic carbocycles. The second kappa shape index (κ2) is 9.20. The Morgan fingerprint density at radius 3 is 3.00 bits per heavy atom. The molecule has 0 saturated carbocycles. The number of amides is 1. The predicted octanol–water partition coefficient (Wildman–Crippen LogP) is 3.30. The van der Waals surface area contributed by atoms with Crippen LogP contribution in [0.5, 0.6) is 0 Å². The topological polar surface area (TPSA) is 71.5 Å². The quantitative estimate of drug-likeness (QED) is 0.742. The molecule has 0 aliphatic carbocycles. The number of carbonyl (C=O) groups excluding carboxylic acids is 2. The van der Waals surface area contributed by atoms with Crippen LogP contribution in [0.4, 0.5) is 13.9 Å². The van der Waals surface area contributed by atoms with Crippen LogP contribution in [0.15, 0.2) is 23.6 Å². The van der Waals surface area contributed by atoms with Gasteiger partial charge >= 0.3 is 5.97 Å². The number of thiazole rings is 1. The molecule has 0 radical (unpaired) electrons. The zero-order chi connectivity index (χ0) is 20.1. The lowest BCUT2D eigenvalue weighted by atomic mass is 9.98. The number of hydrogen-bond donors (Lipinski definition) is 1. The third-order valence-electron chi connectivity index (χ3n) is 4.45. The Hall–Kier alpha value is -2.39. The van der Waals surface area contributed by atoms with Gasteiger partial charge in [0.2, 0.25) is 5.91 Å². The molecule has 1 N–H and O–H groups in total. The summed E-state index contributed by atoms with van der Waals surface area (Å²) in [6.07, 6.45) is 1.57. The molecule has 1 fully saturated rings. The van der Waals surface area contributed by atoms with Crippen LogP contribution in [-0.4, -0.2) is 48.0 Å². The van der Waals surface area contributed by atoms with Crippen molar-refractivity contribution in [2.45, 2.75) is 19.8 Å². The number of ether oxygens (including phenoxy) is 1. The van der Waals surface area contributed by atoms with Gasteiger partial charge in [-0.3, -0.25) is 14.5 Å². The predicted molar refractivity (Wildman–Crippen MR) is 102 cm³/mol. The number of halogens is 2. The van der Waals surface area contributed by atoms with Crippen LogP contribution in [0.1, 0.15) is 19.8 Å². The van der Waals surface area contributed by atoms with Gasteiger partial charge in [0.15, 0.2) is 5.13 Å². The zero-order valence-electron chi connectivity index (χ0n) is 15.4. The normalized spacial score (nSPS) is 17.3. The van der Waals surface area contributed by atoms with Crippen molar-refractivity contribution >= 4 is 28.3 Å². The van der Waals surface area contributed by atoms with Crippen molar-refractivity contribution < 1.29 is 23.1 Å². The summed E-state index contributed by atoms with van der Waals surface area (Å²) in [5.74, 6) is -1.86. The fourth-order valence-electron chi connectivity index (χ4n) is 3.16. The van der Waals surface area contributed by atoms with E-state index in [0.717, 1.165) is 48.9 Å². The molecule has 0 spiro atoms. The van der Waals surface area contributed by atoms with Gasteiger partial charge in [-0.15, -0.1) is 11.3 Å². The lowest BCUT2D eigenvalue weighted by Gasteiger charge is -2.30. The summed E-state index contributed by atoms with van der Waals surface area (Å²) >= 11 is 1.14. The molecule has 0 unspecified atom stereocenters. The lowest BCUT2D eigenvalue weighted by Crippen LogP contribution is -2.43. The van der Waals surface area contributed by atoms with Crippen molar-refractivity contribution in [3.63, 3.8) is 0 Å². The van der Waals surface area contributed by atoms with E-state index in [1.165, 1.54) is 0 Å². The van der Waals surface area contributed by atoms with E-state index in [0.29, 0.717) is 18.3 Å². The Kier molecular flexibility index (Phi) is 6.69. The largest absolute Gasteiger partial charge is 0.466 e. The molecule has 1 aromatic heterocycles. The molecule has 3 rings (SSSR count). The molecule has 0 bridgehead atoms. The summed E-state index contributed by atoms with van der Waals surface area (Å²) in [5, 5.41) is 4.55. The van der Waals surface area contributed by atoms with E-state index >= 15 is 0 Å². The second-order valence-corrected chi connectivity index (χ2v) is 7.39. The number of piperidine rings is 1. The molecule has 1 saturated heterocycles. The van der Waals surface area contributed by atoms with Crippen LogP contribution < -0.4 is 5.32 Å². The maximum Gasteiger partial charge on any atom is 0.310 e. The summed E-state index contributed by atoms with van der Waals surface area (Å²) in [6, 6.07) is 3.15. The highest BCUT2D eigenvalue weighted by atomic mass is 32.1. The van der Waals surface area contributed by atoms with Gasteiger partial charge in [-0.1, -0.05) is 0 Å². The summed E-state index contributed by atoms with van der Waals surface area (Å²) in [5.41, 5.74) is 0.308. The third kappa shape index (κ3) is 5.11. The highest BCUT2D eigenvalue weighted by Crippen LogP contribution is 2.27. The lowest BCUT2D eigenvalue weighted by molar-refractivity contribution is -0.150. The monoisotopic (exact) mass is 409 g/mol. The first kappa shape index (κ1) is 20.3. The van der Waals surface area contributed by atoms with Crippen molar-refractivity contribution in [3.05, 3.63) is 35.2 Å². The number of nitrogens with zero attached hydrogens (tertiary/aromatic N) is 2. The molecule has 1 aliphatic rings. The number of anilines is 1. The fourth-order valence-corrected chi connectivity index (χ4v) is 3.89. The molecular formula is C19H21F2N3O3S. The van der Waals surface area contributed by atoms with Gasteiger partial charge < -0.3 is 10.1 Å². The summed E-state index contributed by atoms with van der Waals surface area (Å²) < 4.78 is 32.3. The van der Waals surface area contributed by atoms with Crippen molar-refractivity contribution in [3.8, 4) is 11.3 Å². The molecule has 1 amide bonds. The molecular weight excluding hydrogens is 388 g/mol. The van der Waals surface area contributed by atoms with Gasteiger partial charge in [-0.05, 0) is 44.5 Å². The molecule has 28 heavy (non-hydrogen) atoms. The van der Waals surface area contributed by atoms with E-state index in [1.54, 1.807) is 12.3 Å². The number of hydrogen-bond acceptors (Lipinski definition) is 6. The number of benzene rings is 1. The first-order chi connectivity index (χ1) is 13.5. The molecule has 2 aromatic rings. The van der Waals surface area contributed by atoms with Gasteiger partial charge in [0.05, 0.1) is 24.8 Å². The van der Waals surface area contributed by atoms with Crippen molar-refractivity contribution in [1.29, 1.82) is 0 Å². The van der Waals surface area contributed by atoms with Crippen LogP contribution in [0.25, 0.3) is 11.3 Å². The minimum absolute atomic E-state index is 0.0463. The highest BCUT2D eigenvalue weighted by Gasteiger charge is 2.27. The van der Waals surface area contributed by atoms with E-state index in [9.17, 15) is 18.4 Å². The van der Waals surface area contributed by atoms with E-state index in [4.69, 9.17) is 4.74 Å². The number of carbonyl (C=O) groups is 2. The molecule has 1 aliphatic heterocycles. The Labute approximate surface area is 165 Å². The molecule has 150 valence electrons. The van der Waals surface area contributed by atoms with Crippen LogP contribution >= 0.6 is 11.3 Å². The first-order valence-electron chi connectivity index (χ1n) is 9.06. The maximum atomic E-state index is 13.9. The van der Waals surface area contributed by atoms with Gasteiger partial charge in [0, 0.05) is 17.5 Å². The van der Waals surface area contributed by atoms with Crippen molar-refractivity contribution in [1.82, 2.24) is 9.88 Å². The van der Waals surface area contributed by atoms with Crippen LogP contribution in [0, 0.1) is 17.6 Å². The number of nitrogens with one attached hydrogen (secondary N) is 1. The maximum absolute atomic E-state index is 13.9. The Morgan fingerprint density at radius 2 is 2.21 bits per heavy atom. The minimum Gasteiger partial charge on any atom is -0.466 e. The number of esters is 1. The Balaban J connectivity index is 1.57. The molecule has 1 atom stereocenters. The summed E-state index contributed by atoms with van der Waals surface area (Å²) in [6.45, 7) is 3.43. The van der Waals surface area contributed by atoms with Crippen molar-refractivity contribution in [2.24, 2.45) is 5.92 Å². The van der Waals surface area contributed by atoms with E-state index in [1.807, 2.05) is 4.90 Å². The van der Waals surface area contributed by atoms with E-state index < -0.39 is 11.6 Å². The SMILES string of the molecule is CCOC(=O)[C@@H]1CCCN(CC(=O)Nc2nc(-c3cc(F)ccc3F)cs2)C1. The number of likely N-dealkylation sites (tertiary alicyclic amines) is 1. The minimum atomic E-state index is -0.581. The zero-order valence-corrected chi connectivity index (χ0v) is 16.2. The smallest absolute Gasteiger partial charge is 0.310 e. The van der Waals surface area contributed by atoms with Crippen molar-refractivity contribution in [2.75, 3.05) is 31.6 Å². The van der Waals surface area contributed by atoms with E-state index in [-0.39, 0.29) is 35.6 Å². The van der Waals surface area contributed by atoms with Gasteiger partial charge in [0.1, 0.15) is 11.6 Å². The highest BCUT2D eigenvalue weighted by molar-refractivity contribution is 7.14. The third-order valence-corrected chi connectivity index (χ3v) is 5.21. The number of rotatable bonds is 6. The molecule has 2 heterocycles. The van der Waals surface area contributed by atoms with Gasteiger partial charge in [-0.2, -0.15) is 0 Å². The summed E-state index contributed by atoms with van der Waals surface area (Å²) in [7, 11) is 0. The van der Waals surface area contributed by atoms with Crippen LogP contribution in [-0.2, 0) is 14.3 Å². The second-order valence-electron chi connectivity index (χ2n) is 6.54. The average molecular weight is 409 g/mol. The molecule has 6 nitrogen and oxygen atoms in total. The molecule has 9 heteroatoms. The van der Waals surface area contributed by atoms with E-state index in [2.05, 4.69) is 10.3 Å². The van der Waals surface area contributed by atoms with Gasteiger partial charge in [0.25, 0.3) is 0 Å². The van der Waals surface area contributed by atoms with Crippen LogP contribution in [0.2, 0.25) is 0 Å². The number of aromatic nitrogens is 1. The standard InChI is InChI=1S/C19H21F2N3O3S/c1-2-27-18(26)12-4-3-7-24(9-12)10-17(25)23-19-22-16(11-28-19)14-8-13(20)5-6-15(14)21/h5-6,8,11-12H,2-4,7,9-10H2,1H3,(H,22,23,25)/t12-/m1/s1. The van der Waals surface area contributed by atoms with Crippen LogP contribution in [0.3, 0.4) is 0 Å². The first-order valence-corrected chi connectivity index (χ1v) is 9.94. The fraction of sp³-hybridized carbons (Fsp3) is 0.421. The van der Waals surface area contributed by atoms with Gasteiger partial charge in [-0.25, -0.2) is 13.8 Å².